The average molecular weight is 330 g/mol. The van der Waals surface area contributed by atoms with Gasteiger partial charge in [-0.05, 0) is 50.9 Å². The van der Waals surface area contributed by atoms with Crippen molar-refractivity contribution in [3.8, 4) is 0 Å². The smallest absolute Gasteiger partial charge is 0.306 e. The third-order valence-electron chi connectivity index (χ3n) is 5.11. The monoisotopic (exact) mass is 330 g/mol. The van der Waals surface area contributed by atoms with Crippen LogP contribution < -0.4 is 4.90 Å². The lowest BCUT2D eigenvalue weighted by molar-refractivity contribution is -0.143. The molecular formula is C18H22N2O4. The number of carboxylic acids is 1. The van der Waals surface area contributed by atoms with Crippen molar-refractivity contribution >= 4 is 23.5 Å². The Kier molecular flexibility index (Phi) is 4.41. The van der Waals surface area contributed by atoms with Crippen molar-refractivity contribution in [3.63, 3.8) is 0 Å². The number of piperidine rings is 1. The van der Waals surface area contributed by atoms with Gasteiger partial charge in [-0.2, -0.15) is 0 Å². The minimum Gasteiger partial charge on any atom is -0.481 e. The van der Waals surface area contributed by atoms with Crippen LogP contribution in [0.15, 0.2) is 18.2 Å². The first-order chi connectivity index (χ1) is 11.4. The van der Waals surface area contributed by atoms with Gasteiger partial charge in [0.15, 0.2) is 0 Å². The number of carbonyl (C=O) groups is 3. The van der Waals surface area contributed by atoms with Crippen molar-refractivity contribution in [2.45, 2.75) is 39.2 Å². The van der Waals surface area contributed by atoms with Crippen molar-refractivity contribution in [2.24, 2.45) is 5.92 Å². The summed E-state index contributed by atoms with van der Waals surface area (Å²) in [5.74, 6) is -1.49. The van der Waals surface area contributed by atoms with E-state index in [1.165, 1.54) is 4.90 Å². The number of carboxylic acid groups (broad SMARTS) is 1. The van der Waals surface area contributed by atoms with Gasteiger partial charge in [0, 0.05) is 0 Å². The first-order valence-corrected chi connectivity index (χ1v) is 8.30. The molecule has 0 saturated carbocycles. The number of likely N-dealkylation sites (tertiary alicyclic amines) is 1. The van der Waals surface area contributed by atoms with Crippen molar-refractivity contribution < 1.29 is 19.5 Å². The Balaban J connectivity index is 1.79. The number of para-hydroxylation sites is 1. The molecule has 0 radical (unpaired) electrons. The second kappa shape index (κ2) is 6.36. The minimum atomic E-state index is -0.777. The second-order valence-corrected chi connectivity index (χ2v) is 6.68. The van der Waals surface area contributed by atoms with Crippen LogP contribution >= 0.6 is 0 Å². The van der Waals surface area contributed by atoms with Gasteiger partial charge in [-0.15, -0.1) is 0 Å². The summed E-state index contributed by atoms with van der Waals surface area (Å²) >= 11 is 0. The molecule has 2 aliphatic heterocycles. The number of amides is 2. The molecule has 3 rings (SSSR count). The summed E-state index contributed by atoms with van der Waals surface area (Å²) in [4.78, 5) is 39.7. The van der Waals surface area contributed by atoms with E-state index in [0.717, 1.165) is 11.1 Å². The topological polar surface area (TPSA) is 77.9 Å². The van der Waals surface area contributed by atoms with Crippen molar-refractivity contribution in [3.05, 3.63) is 29.3 Å². The van der Waals surface area contributed by atoms with E-state index in [2.05, 4.69) is 0 Å². The molecule has 6 nitrogen and oxygen atoms in total. The third-order valence-corrected chi connectivity index (χ3v) is 5.11. The lowest BCUT2D eigenvalue weighted by atomic mass is 9.95. The van der Waals surface area contributed by atoms with E-state index in [-0.39, 0.29) is 24.2 Å². The zero-order chi connectivity index (χ0) is 17.4. The fourth-order valence-corrected chi connectivity index (χ4v) is 3.75. The van der Waals surface area contributed by atoms with Gasteiger partial charge in [-0.25, -0.2) is 4.90 Å². The summed E-state index contributed by atoms with van der Waals surface area (Å²) < 4.78 is 0. The summed E-state index contributed by atoms with van der Waals surface area (Å²) in [6, 6.07) is 5.24. The number of carbonyl (C=O) groups excluding carboxylic acids is 2. The number of hydrogen-bond donors (Lipinski definition) is 1. The number of benzene rings is 1. The SMILES string of the molecule is Cc1cccc(C)c1N1C(=O)CC(N2CCC(C(=O)O)CC2)C1=O. The Hall–Kier alpha value is -2.21. The predicted molar refractivity (Wildman–Crippen MR) is 88.7 cm³/mol. The maximum Gasteiger partial charge on any atom is 0.306 e. The lowest BCUT2D eigenvalue weighted by Crippen LogP contribution is -2.47. The van der Waals surface area contributed by atoms with Gasteiger partial charge < -0.3 is 5.11 Å². The van der Waals surface area contributed by atoms with E-state index >= 15 is 0 Å². The molecule has 1 N–H and O–H groups in total. The molecule has 2 fully saturated rings. The van der Waals surface area contributed by atoms with E-state index < -0.39 is 12.0 Å². The number of hydrogen-bond acceptors (Lipinski definition) is 4. The van der Waals surface area contributed by atoms with E-state index in [0.29, 0.717) is 31.6 Å². The van der Waals surface area contributed by atoms with Gasteiger partial charge in [-0.1, -0.05) is 18.2 Å². The Bertz CT molecular complexity index is 672. The molecule has 0 aromatic heterocycles. The fraction of sp³-hybridized carbons (Fsp3) is 0.500. The molecule has 1 aromatic rings. The van der Waals surface area contributed by atoms with Crippen LogP contribution in [0.4, 0.5) is 5.69 Å². The zero-order valence-corrected chi connectivity index (χ0v) is 14.0. The average Bonchev–Trinajstić information content (AvgIpc) is 2.83. The van der Waals surface area contributed by atoms with Crippen LogP contribution in [0.25, 0.3) is 0 Å². The first kappa shape index (κ1) is 16.6. The van der Waals surface area contributed by atoms with Gasteiger partial charge in [0.05, 0.1) is 24.1 Å². The molecule has 2 heterocycles. The molecule has 6 heteroatoms. The predicted octanol–water partition coefficient (Wildman–Crippen LogP) is 1.73. The Morgan fingerprint density at radius 2 is 1.71 bits per heavy atom. The largest absolute Gasteiger partial charge is 0.481 e. The quantitative estimate of drug-likeness (QED) is 0.854. The van der Waals surface area contributed by atoms with Gasteiger partial charge in [0.25, 0.3) is 5.91 Å². The Labute approximate surface area is 141 Å². The van der Waals surface area contributed by atoms with Gasteiger partial charge in [0.2, 0.25) is 5.91 Å². The van der Waals surface area contributed by atoms with Crippen LogP contribution in [-0.4, -0.2) is 46.9 Å². The lowest BCUT2D eigenvalue weighted by Gasteiger charge is -2.33. The number of aliphatic carboxylic acids is 1. The van der Waals surface area contributed by atoms with Crippen molar-refractivity contribution in [1.82, 2.24) is 4.90 Å². The molecule has 128 valence electrons. The molecule has 2 amide bonds. The number of rotatable bonds is 3. The molecule has 0 bridgehead atoms. The molecule has 24 heavy (non-hydrogen) atoms. The highest BCUT2D eigenvalue weighted by atomic mass is 16.4. The Morgan fingerprint density at radius 3 is 2.25 bits per heavy atom. The van der Waals surface area contributed by atoms with E-state index in [9.17, 15) is 14.4 Å². The van der Waals surface area contributed by atoms with Crippen molar-refractivity contribution in [1.29, 1.82) is 0 Å². The van der Waals surface area contributed by atoms with Crippen LogP contribution in [0.5, 0.6) is 0 Å². The zero-order valence-electron chi connectivity index (χ0n) is 14.0. The fourth-order valence-electron chi connectivity index (χ4n) is 3.75. The van der Waals surface area contributed by atoms with Gasteiger partial charge in [-0.3, -0.25) is 19.3 Å². The van der Waals surface area contributed by atoms with Gasteiger partial charge >= 0.3 is 5.97 Å². The van der Waals surface area contributed by atoms with Crippen LogP contribution in [-0.2, 0) is 14.4 Å². The molecule has 2 aliphatic rings. The van der Waals surface area contributed by atoms with E-state index in [1.807, 2.05) is 36.9 Å². The highest BCUT2D eigenvalue weighted by Crippen LogP contribution is 2.32. The number of nitrogens with zero attached hydrogens (tertiary/aromatic N) is 2. The molecular weight excluding hydrogens is 308 g/mol. The van der Waals surface area contributed by atoms with Crippen molar-refractivity contribution in [2.75, 3.05) is 18.0 Å². The Morgan fingerprint density at radius 1 is 1.12 bits per heavy atom. The van der Waals surface area contributed by atoms with Crippen LogP contribution in [0.2, 0.25) is 0 Å². The summed E-state index contributed by atoms with van der Waals surface area (Å²) in [5.41, 5.74) is 2.50. The van der Waals surface area contributed by atoms with Crippen LogP contribution in [0, 0.1) is 19.8 Å². The number of imide groups is 1. The van der Waals surface area contributed by atoms with Gasteiger partial charge in [0.1, 0.15) is 0 Å². The molecule has 2 saturated heterocycles. The highest BCUT2D eigenvalue weighted by Gasteiger charge is 2.44. The first-order valence-electron chi connectivity index (χ1n) is 8.30. The van der Waals surface area contributed by atoms with Crippen LogP contribution in [0.1, 0.15) is 30.4 Å². The highest BCUT2D eigenvalue weighted by molar-refractivity contribution is 6.23. The minimum absolute atomic E-state index is 0.171. The summed E-state index contributed by atoms with van der Waals surface area (Å²) in [7, 11) is 0. The number of anilines is 1. The maximum atomic E-state index is 12.9. The molecule has 1 atom stereocenters. The molecule has 0 aliphatic carbocycles. The third kappa shape index (κ3) is 2.82. The normalized spacial score (nSPS) is 23.1. The van der Waals surface area contributed by atoms with Crippen LogP contribution in [0.3, 0.4) is 0 Å². The molecule has 1 unspecified atom stereocenters. The van der Waals surface area contributed by atoms with E-state index in [4.69, 9.17) is 5.11 Å². The summed E-state index contributed by atoms with van der Waals surface area (Å²) in [6.07, 6.45) is 1.22. The number of aryl methyl sites for hydroxylation is 2. The summed E-state index contributed by atoms with van der Waals surface area (Å²) in [5, 5.41) is 9.09. The van der Waals surface area contributed by atoms with E-state index in [1.54, 1.807) is 0 Å². The summed E-state index contributed by atoms with van der Waals surface area (Å²) in [6.45, 7) is 4.88. The molecule has 0 spiro atoms. The molecule has 1 aromatic carbocycles. The second-order valence-electron chi connectivity index (χ2n) is 6.68. The standard InChI is InChI=1S/C18H22N2O4/c1-11-4-3-5-12(2)16(11)20-15(21)10-14(17(20)22)19-8-6-13(7-9-19)18(23)24/h3-5,13-14H,6-10H2,1-2H3,(H,23,24). The maximum absolute atomic E-state index is 12.9.